The molecule has 3 N–H and O–H groups in total. The van der Waals surface area contributed by atoms with Crippen LogP contribution >= 0.6 is 0 Å². The smallest absolute Gasteiger partial charge is 0.354 e. The Balaban J connectivity index is 2.33. The molecular formula is C18H18N2O4. The zero-order chi connectivity index (χ0) is 17.4. The number of benzene rings is 2. The second-order valence-corrected chi connectivity index (χ2v) is 4.80. The number of rotatable bonds is 6. The Morgan fingerprint density at radius 3 is 2.42 bits per heavy atom. The summed E-state index contributed by atoms with van der Waals surface area (Å²) in [7, 11) is 0. The van der Waals surface area contributed by atoms with Gasteiger partial charge in [0.1, 0.15) is 5.70 Å². The summed E-state index contributed by atoms with van der Waals surface area (Å²) >= 11 is 0. The fraction of sp³-hybridized carbons (Fsp3) is 0.111. The van der Waals surface area contributed by atoms with E-state index < -0.39 is 11.9 Å². The summed E-state index contributed by atoms with van der Waals surface area (Å²) in [6, 6.07) is 15.3. The Hall–Kier alpha value is -3.12. The molecule has 2 aromatic carbocycles. The van der Waals surface area contributed by atoms with Crippen molar-refractivity contribution in [2.24, 2.45) is 0 Å². The fourth-order valence-electron chi connectivity index (χ4n) is 2.02. The number of amides is 1. The zero-order valence-corrected chi connectivity index (χ0v) is 13.2. The molecule has 24 heavy (non-hydrogen) atoms. The third kappa shape index (κ3) is 4.44. The van der Waals surface area contributed by atoms with E-state index in [1.165, 1.54) is 6.08 Å². The van der Waals surface area contributed by atoms with Gasteiger partial charge in [-0.15, -0.1) is 0 Å². The van der Waals surface area contributed by atoms with Gasteiger partial charge in [0.2, 0.25) is 0 Å². The summed E-state index contributed by atoms with van der Waals surface area (Å²) in [6.45, 7) is 1.86. The maximum Gasteiger partial charge on any atom is 0.354 e. The van der Waals surface area contributed by atoms with Gasteiger partial charge in [0.25, 0.3) is 5.91 Å². The highest BCUT2D eigenvalue weighted by Gasteiger charge is 2.16. The van der Waals surface area contributed by atoms with E-state index in [0.29, 0.717) is 16.8 Å². The van der Waals surface area contributed by atoms with Gasteiger partial charge >= 0.3 is 5.97 Å². The molecule has 0 heterocycles. The van der Waals surface area contributed by atoms with Gasteiger partial charge in [-0.2, -0.15) is 0 Å². The van der Waals surface area contributed by atoms with Crippen molar-refractivity contribution in [2.45, 2.75) is 6.92 Å². The minimum Gasteiger partial charge on any atom is -0.461 e. The first kappa shape index (κ1) is 17.2. The summed E-state index contributed by atoms with van der Waals surface area (Å²) < 4.78 is 4.98. The molecule has 6 heteroatoms. The maximum absolute atomic E-state index is 12.3. The van der Waals surface area contributed by atoms with E-state index in [9.17, 15) is 9.59 Å². The van der Waals surface area contributed by atoms with E-state index >= 15 is 0 Å². The normalized spacial score (nSPS) is 10.8. The molecule has 0 atom stereocenters. The molecule has 0 aliphatic rings. The number of hydrogen-bond acceptors (Lipinski definition) is 5. The standard InChI is InChI=1S/C18H18N2O4/c1-2-24-18(22)16(12-14-10-6-7-11-15(14)20-23)19-17(21)13-8-4-3-5-9-13/h3-12,20,23H,2H2,1H3,(H,19,21). The first-order valence-corrected chi connectivity index (χ1v) is 7.40. The largest absolute Gasteiger partial charge is 0.461 e. The molecule has 0 aliphatic carbocycles. The van der Waals surface area contributed by atoms with Crippen molar-refractivity contribution < 1.29 is 19.5 Å². The van der Waals surface area contributed by atoms with Gasteiger partial charge in [-0.25, -0.2) is 4.79 Å². The Bertz CT molecular complexity index is 742. The fourth-order valence-corrected chi connectivity index (χ4v) is 2.02. The molecule has 124 valence electrons. The molecule has 0 aliphatic heterocycles. The van der Waals surface area contributed by atoms with Crippen LogP contribution in [-0.2, 0) is 9.53 Å². The Morgan fingerprint density at radius 2 is 1.75 bits per heavy atom. The summed E-state index contributed by atoms with van der Waals surface area (Å²) in [4.78, 5) is 24.4. The third-order valence-corrected chi connectivity index (χ3v) is 3.16. The number of carbonyl (C=O) groups excluding carboxylic acids is 2. The van der Waals surface area contributed by atoms with E-state index in [-0.39, 0.29) is 12.3 Å². The summed E-state index contributed by atoms with van der Waals surface area (Å²) in [5, 5.41) is 11.7. The lowest BCUT2D eigenvalue weighted by Gasteiger charge is -2.11. The molecule has 0 spiro atoms. The van der Waals surface area contributed by atoms with Crippen molar-refractivity contribution in [3.05, 3.63) is 71.4 Å². The topological polar surface area (TPSA) is 87.7 Å². The van der Waals surface area contributed by atoms with Gasteiger partial charge in [0.05, 0.1) is 12.3 Å². The van der Waals surface area contributed by atoms with Crippen molar-refractivity contribution in [1.82, 2.24) is 5.32 Å². The summed E-state index contributed by atoms with van der Waals surface area (Å²) in [6.07, 6.45) is 1.44. The van der Waals surface area contributed by atoms with Gasteiger partial charge in [0, 0.05) is 11.1 Å². The van der Waals surface area contributed by atoms with Crippen LogP contribution in [0.25, 0.3) is 6.08 Å². The molecule has 0 bridgehead atoms. The molecule has 1 amide bonds. The van der Waals surface area contributed by atoms with E-state index in [4.69, 9.17) is 9.94 Å². The van der Waals surface area contributed by atoms with Crippen LogP contribution in [0, 0.1) is 0 Å². The molecule has 2 rings (SSSR count). The van der Waals surface area contributed by atoms with Crippen molar-refractivity contribution in [3.63, 3.8) is 0 Å². The van der Waals surface area contributed by atoms with Gasteiger partial charge in [-0.1, -0.05) is 36.4 Å². The number of esters is 1. The van der Waals surface area contributed by atoms with Crippen molar-refractivity contribution in [2.75, 3.05) is 12.1 Å². The van der Waals surface area contributed by atoms with Crippen LogP contribution in [0.2, 0.25) is 0 Å². The highest BCUT2D eigenvalue weighted by Crippen LogP contribution is 2.17. The lowest BCUT2D eigenvalue weighted by molar-refractivity contribution is -0.138. The van der Waals surface area contributed by atoms with Crippen molar-refractivity contribution in [3.8, 4) is 0 Å². The van der Waals surface area contributed by atoms with Gasteiger partial charge in [-0.05, 0) is 31.2 Å². The minimum absolute atomic E-state index is 0.0200. The van der Waals surface area contributed by atoms with Gasteiger partial charge in [0.15, 0.2) is 0 Å². The Kier molecular flexibility index (Phi) is 6.10. The van der Waals surface area contributed by atoms with Crippen LogP contribution in [0.5, 0.6) is 0 Å². The van der Waals surface area contributed by atoms with Crippen LogP contribution in [0.4, 0.5) is 5.69 Å². The molecule has 0 saturated heterocycles. The molecular weight excluding hydrogens is 308 g/mol. The molecule has 0 radical (unpaired) electrons. The molecule has 0 saturated carbocycles. The number of nitrogens with one attached hydrogen (secondary N) is 2. The summed E-state index contributed by atoms with van der Waals surface area (Å²) in [5.74, 6) is -1.08. The van der Waals surface area contributed by atoms with Crippen LogP contribution in [0.15, 0.2) is 60.3 Å². The lowest BCUT2D eigenvalue weighted by Crippen LogP contribution is -2.28. The molecule has 6 nitrogen and oxygen atoms in total. The number of carbonyl (C=O) groups is 2. The van der Waals surface area contributed by atoms with E-state index in [0.717, 1.165) is 0 Å². The van der Waals surface area contributed by atoms with Crippen LogP contribution in [-0.4, -0.2) is 23.7 Å². The molecule has 0 unspecified atom stereocenters. The van der Waals surface area contributed by atoms with Crippen LogP contribution in [0.1, 0.15) is 22.8 Å². The Morgan fingerprint density at radius 1 is 1.08 bits per heavy atom. The predicted molar refractivity (Wildman–Crippen MR) is 90.4 cm³/mol. The van der Waals surface area contributed by atoms with E-state index in [1.54, 1.807) is 61.5 Å². The lowest BCUT2D eigenvalue weighted by atomic mass is 10.1. The predicted octanol–water partition coefficient (Wildman–Crippen LogP) is 2.82. The van der Waals surface area contributed by atoms with E-state index in [1.807, 2.05) is 5.48 Å². The molecule has 0 fully saturated rings. The monoisotopic (exact) mass is 326 g/mol. The van der Waals surface area contributed by atoms with Gasteiger partial charge in [-0.3, -0.25) is 15.5 Å². The van der Waals surface area contributed by atoms with Crippen LogP contribution in [0.3, 0.4) is 0 Å². The number of para-hydroxylation sites is 1. The average Bonchev–Trinajstić information content (AvgIpc) is 2.62. The average molecular weight is 326 g/mol. The van der Waals surface area contributed by atoms with Crippen LogP contribution < -0.4 is 10.8 Å². The zero-order valence-electron chi connectivity index (χ0n) is 13.2. The van der Waals surface area contributed by atoms with Crippen molar-refractivity contribution in [1.29, 1.82) is 0 Å². The minimum atomic E-state index is -0.658. The second-order valence-electron chi connectivity index (χ2n) is 4.80. The van der Waals surface area contributed by atoms with E-state index in [2.05, 4.69) is 5.32 Å². The molecule has 2 aromatic rings. The first-order chi connectivity index (χ1) is 11.7. The maximum atomic E-state index is 12.3. The SMILES string of the molecule is CCOC(=O)C(=Cc1ccccc1NO)NC(=O)c1ccccc1. The van der Waals surface area contributed by atoms with Crippen molar-refractivity contribution >= 4 is 23.6 Å². The third-order valence-electron chi connectivity index (χ3n) is 3.16. The first-order valence-electron chi connectivity index (χ1n) is 7.40. The molecule has 0 aromatic heterocycles. The highest BCUT2D eigenvalue weighted by molar-refractivity contribution is 6.03. The van der Waals surface area contributed by atoms with Gasteiger partial charge < -0.3 is 10.1 Å². The highest BCUT2D eigenvalue weighted by atomic mass is 16.5. The summed E-state index contributed by atoms with van der Waals surface area (Å²) in [5.41, 5.74) is 3.37. The Labute approximate surface area is 139 Å². The number of ether oxygens (including phenoxy) is 1. The number of anilines is 1. The quantitative estimate of drug-likeness (QED) is 0.432. The second kappa shape index (κ2) is 8.50. The number of hydrogen-bond donors (Lipinski definition) is 3.